The molecule has 1 aliphatic heterocycles. The number of hydrogen-bond donors (Lipinski definition) is 0. The van der Waals surface area contributed by atoms with Crippen LogP contribution < -0.4 is 0 Å². The molecule has 5 rings (SSSR count). The number of ether oxygens (including phenoxy) is 3. The molecule has 0 spiro atoms. The molecule has 0 unspecified atom stereocenters. The summed E-state index contributed by atoms with van der Waals surface area (Å²) < 4.78 is 18.9. The molecule has 3 aromatic carbocycles. The average Bonchev–Trinajstić information content (AvgIpc) is 3.27. The molecule has 0 aliphatic carbocycles. The highest BCUT2D eigenvalue weighted by Crippen LogP contribution is 2.36. The molecule has 33 heavy (non-hydrogen) atoms. The highest BCUT2D eigenvalue weighted by atomic mass is 16.6. The van der Waals surface area contributed by atoms with E-state index >= 15 is 0 Å². The van der Waals surface area contributed by atoms with Crippen LogP contribution in [0.25, 0.3) is 10.9 Å². The Kier molecular flexibility index (Phi) is 6.77. The van der Waals surface area contributed by atoms with E-state index in [0.717, 1.165) is 28.8 Å². The van der Waals surface area contributed by atoms with Crippen LogP contribution >= 0.6 is 0 Å². The number of benzene rings is 3. The molecule has 1 saturated heterocycles. The van der Waals surface area contributed by atoms with Gasteiger partial charge in [-0.1, -0.05) is 78.9 Å². The predicted molar refractivity (Wildman–Crippen MR) is 130 cm³/mol. The SMILES string of the molecule is Cc1cc([C@H]2C[C@H](OCc3ccccc3)[C@@H](COCc3ccccc3)O2)nc2ccccc12. The van der Waals surface area contributed by atoms with Crippen molar-refractivity contribution in [3.05, 3.63) is 113 Å². The van der Waals surface area contributed by atoms with Gasteiger partial charge < -0.3 is 14.2 Å². The molecule has 2 heterocycles. The van der Waals surface area contributed by atoms with E-state index in [9.17, 15) is 0 Å². The van der Waals surface area contributed by atoms with Gasteiger partial charge in [0.2, 0.25) is 0 Å². The van der Waals surface area contributed by atoms with Crippen molar-refractivity contribution in [1.29, 1.82) is 0 Å². The highest BCUT2D eigenvalue weighted by Gasteiger charge is 2.38. The van der Waals surface area contributed by atoms with E-state index in [1.807, 2.05) is 42.5 Å². The number of para-hydroxylation sites is 1. The van der Waals surface area contributed by atoms with Crippen LogP contribution in [0.2, 0.25) is 0 Å². The summed E-state index contributed by atoms with van der Waals surface area (Å²) in [7, 11) is 0. The predicted octanol–water partition coefficient (Wildman–Crippen LogP) is 6.18. The Balaban J connectivity index is 1.31. The fourth-order valence-electron chi connectivity index (χ4n) is 4.41. The van der Waals surface area contributed by atoms with Crippen LogP contribution in [-0.2, 0) is 27.4 Å². The van der Waals surface area contributed by atoms with Crippen LogP contribution in [0.15, 0.2) is 91.0 Å². The molecule has 168 valence electrons. The van der Waals surface area contributed by atoms with E-state index in [-0.39, 0.29) is 18.3 Å². The first-order valence-electron chi connectivity index (χ1n) is 11.6. The third-order valence-electron chi connectivity index (χ3n) is 6.17. The lowest BCUT2D eigenvalue weighted by molar-refractivity contribution is -0.0720. The Morgan fingerprint density at radius 3 is 2.27 bits per heavy atom. The number of aromatic nitrogens is 1. The largest absolute Gasteiger partial charge is 0.374 e. The third kappa shape index (κ3) is 5.31. The van der Waals surface area contributed by atoms with Crippen LogP contribution in [0.1, 0.15) is 34.9 Å². The molecular formula is C29H29NO3. The van der Waals surface area contributed by atoms with Crippen molar-refractivity contribution in [3.63, 3.8) is 0 Å². The van der Waals surface area contributed by atoms with E-state index in [0.29, 0.717) is 19.8 Å². The summed E-state index contributed by atoms with van der Waals surface area (Å²) in [4.78, 5) is 4.91. The van der Waals surface area contributed by atoms with Crippen LogP contribution in [0.4, 0.5) is 0 Å². The van der Waals surface area contributed by atoms with E-state index in [4.69, 9.17) is 19.2 Å². The fourth-order valence-corrected chi connectivity index (χ4v) is 4.41. The minimum Gasteiger partial charge on any atom is -0.374 e. The monoisotopic (exact) mass is 439 g/mol. The first-order chi connectivity index (χ1) is 16.3. The maximum absolute atomic E-state index is 6.48. The van der Waals surface area contributed by atoms with Gasteiger partial charge in [-0.15, -0.1) is 0 Å². The summed E-state index contributed by atoms with van der Waals surface area (Å²) in [6, 6.07) is 30.9. The van der Waals surface area contributed by atoms with Gasteiger partial charge in [0.05, 0.1) is 37.1 Å². The Bertz CT molecular complexity index is 1180. The second kappa shape index (κ2) is 10.3. The van der Waals surface area contributed by atoms with Crippen molar-refractivity contribution in [3.8, 4) is 0 Å². The molecule has 4 heteroatoms. The minimum atomic E-state index is -0.143. The van der Waals surface area contributed by atoms with E-state index in [2.05, 4.69) is 55.5 Å². The lowest BCUT2D eigenvalue weighted by atomic mass is 10.0. The van der Waals surface area contributed by atoms with Crippen molar-refractivity contribution in [1.82, 2.24) is 4.98 Å². The smallest absolute Gasteiger partial charge is 0.108 e. The van der Waals surface area contributed by atoms with Crippen LogP contribution in [0.5, 0.6) is 0 Å². The van der Waals surface area contributed by atoms with Gasteiger partial charge in [-0.3, -0.25) is 4.98 Å². The molecule has 0 amide bonds. The first-order valence-corrected chi connectivity index (χ1v) is 11.6. The summed E-state index contributed by atoms with van der Waals surface area (Å²) in [5.74, 6) is 0. The molecule has 1 fully saturated rings. The summed E-state index contributed by atoms with van der Waals surface area (Å²) in [5, 5.41) is 1.18. The molecule has 4 nitrogen and oxygen atoms in total. The molecule has 0 saturated carbocycles. The van der Waals surface area contributed by atoms with Crippen LogP contribution in [0, 0.1) is 6.92 Å². The quantitative estimate of drug-likeness (QED) is 0.329. The average molecular weight is 440 g/mol. The third-order valence-corrected chi connectivity index (χ3v) is 6.17. The molecular weight excluding hydrogens is 410 g/mol. The normalized spacial score (nSPS) is 20.3. The van der Waals surface area contributed by atoms with E-state index in [1.165, 1.54) is 10.9 Å². The summed E-state index contributed by atoms with van der Waals surface area (Å²) in [5.41, 5.74) is 5.49. The van der Waals surface area contributed by atoms with E-state index < -0.39 is 0 Å². The standard InChI is InChI=1S/C29H29NO3/c1-21-16-26(30-25-15-9-8-14-24(21)25)27-17-28(32-19-23-12-6-3-7-13-23)29(33-27)20-31-18-22-10-4-2-5-11-22/h2-16,27-29H,17-20H2,1H3/t27-,28+,29-/m1/s1. The number of aryl methyl sites for hydroxylation is 1. The number of fused-ring (bicyclic) bond motifs is 1. The molecule has 4 aromatic rings. The van der Waals surface area contributed by atoms with Crippen molar-refractivity contribution < 1.29 is 14.2 Å². The Hall–Kier alpha value is -3.05. The first kappa shape index (κ1) is 21.8. The van der Waals surface area contributed by atoms with Gasteiger partial charge in [0.15, 0.2) is 0 Å². The molecule has 1 aromatic heterocycles. The number of hydrogen-bond acceptors (Lipinski definition) is 4. The zero-order valence-electron chi connectivity index (χ0n) is 18.9. The highest BCUT2D eigenvalue weighted by molar-refractivity contribution is 5.82. The number of nitrogens with zero attached hydrogens (tertiary/aromatic N) is 1. The van der Waals surface area contributed by atoms with Crippen LogP contribution in [0.3, 0.4) is 0 Å². The van der Waals surface area contributed by atoms with Crippen molar-refractivity contribution in [2.75, 3.05) is 6.61 Å². The number of pyridine rings is 1. The lowest BCUT2D eigenvalue weighted by Crippen LogP contribution is -2.29. The Morgan fingerprint density at radius 2 is 1.52 bits per heavy atom. The molecule has 0 radical (unpaired) electrons. The second-order valence-electron chi connectivity index (χ2n) is 8.62. The second-order valence-corrected chi connectivity index (χ2v) is 8.62. The maximum Gasteiger partial charge on any atom is 0.108 e. The Labute approximate surface area is 195 Å². The summed E-state index contributed by atoms with van der Waals surface area (Å²) in [6.45, 7) is 3.73. The van der Waals surface area contributed by atoms with Gasteiger partial charge in [0.25, 0.3) is 0 Å². The fraction of sp³-hybridized carbons (Fsp3) is 0.276. The van der Waals surface area contributed by atoms with Crippen molar-refractivity contribution in [2.45, 2.75) is 44.9 Å². The zero-order chi connectivity index (χ0) is 22.5. The molecule has 1 aliphatic rings. The molecule has 3 atom stereocenters. The van der Waals surface area contributed by atoms with Crippen LogP contribution in [-0.4, -0.2) is 23.8 Å². The Morgan fingerprint density at radius 1 is 0.848 bits per heavy atom. The maximum atomic E-state index is 6.48. The molecule has 0 bridgehead atoms. The van der Waals surface area contributed by atoms with Gasteiger partial charge in [0.1, 0.15) is 12.2 Å². The zero-order valence-corrected chi connectivity index (χ0v) is 18.9. The van der Waals surface area contributed by atoms with Gasteiger partial charge >= 0.3 is 0 Å². The van der Waals surface area contributed by atoms with Gasteiger partial charge in [-0.2, -0.15) is 0 Å². The number of rotatable bonds is 8. The van der Waals surface area contributed by atoms with Gasteiger partial charge in [-0.25, -0.2) is 0 Å². The summed E-state index contributed by atoms with van der Waals surface area (Å²) in [6.07, 6.45) is 0.451. The van der Waals surface area contributed by atoms with Crippen molar-refractivity contribution >= 4 is 10.9 Å². The van der Waals surface area contributed by atoms with E-state index in [1.54, 1.807) is 0 Å². The summed E-state index contributed by atoms with van der Waals surface area (Å²) >= 11 is 0. The lowest BCUT2D eigenvalue weighted by Gasteiger charge is -2.19. The topological polar surface area (TPSA) is 40.6 Å². The molecule has 0 N–H and O–H groups in total. The van der Waals surface area contributed by atoms with Gasteiger partial charge in [-0.05, 0) is 35.7 Å². The minimum absolute atomic E-state index is 0.0560. The van der Waals surface area contributed by atoms with Gasteiger partial charge in [0, 0.05) is 11.8 Å². The van der Waals surface area contributed by atoms with Crippen molar-refractivity contribution in [2.24, 2.45) is 0 Å².